The first kappa shape index (κ1) is 11.6. The van der Waals surface area contributed by atoms with Crippen molar-refractivity contribution in [1.82, 2.24) is 3.94 Å². The van der Waals surface area contributed by atoms with E-state index < -0.39 is 7.82 Å². The summed E-state index contributed by atoms with van der Waals surface area (Å²) in [6.07, 6.45) is 0.359. The van der Waals surface area contributed by atoms with Gasteiger partial charge in [0, 0.05) is 6.54 Å². The van der Waals surface area contributed by atoms with Crippen LogP contribution in [0.2, 0.25) is 0 Å². The second-order valence-electron chi connectivity index (χ2n) is 1.70. The van der Waals surface area contributed by atoms with Crippen LogP contribution in [0.1, 0.15) is 6.42 Å². The highest BCUT2D eigenvalue weighted by atomic mass is 35.5. The average Bonchev–Trinajstić information content (AvgIpc) is 1.78. The Morgan fingerprint density at radius 1 is 1.45 bits per heavy atom. The van der Waals surface area contributed by atoms with Crippen molar-refractivity contribution in [2.45, 2.75) is 6.42 Å². The summed E-state index contributed by atoms with van der Waals surface area (Å²) in [7, 11) is -4.33. The molecule has 0 saturated carbocycles. The maximum atomic E-state index is 10.1. The molecule has 5 nitrogen and oxygen atoms in total. The van der Waals surface area contributed by atoms with E-state index in [-0.39, 0.29) is 6.61 Å². The maximum absolute atomic E-state index is 10.1. The Bertz CT molecular complexity index is 148. The number of rotatable bonds is 5. The first-order chi connectivity index (χ1) is 4.92. The van der Waals surface area contributed by atoms with Crippen molar-refractivity contribution in [3.63, 3.8) is 0 Å². The molecular formula is C3H8Cl2NO4P. The monoisotopic (exact) mass is 223 g/mol. The van der Waals surface area contributed by atoms with Crippen LogP contribution in [0.5, 0.6) is 0 Å². The molecule has 0 rings (SSSR count). The van der Waals surface area contributed by atoms with E-state index in [1.807, 2.05) is 0 Å². The normalized spacial score (nSPS) is 12.5. The molecule has 0 fully saturated rings. The molecule has 0 atom stereocenters. The number of phosphoric ester groups is 1. The lowest BCUT2D eigenvalue weighted by atomic mass is 10.5. The zero-order valence-electron chi connectivity index (χ0n) is 5.48. The van der Waals surface area contributed by atoms with E-state index >= 15 is 0 Å². The van der Waals surface area contributed by atoms with E-state index in [0.29, 0.717) is 13.0 Å². The van der Waals surface area contributed by atoms with Crippen molar-refractivity contribution in [1.29, 1.82) is 0 Å². The van der Waals surface area contributed by atoms with Crippen LogP contribution in [-0.4, -0.2) is 26.9 Å². The Morgan fingerprint density at radius 2 is 2.00 bits per heavy atom. The summed E-state index contributed by atoms with van der Waals surface area (Å²) < 4.78 is 15.0. The fourth-order valence-electron chi connectivity index (χ4n) is 0.368. The second kappa shape index (κ2) is 5.32. The number of phosphoric acid groups is 1. The number of halogens is 2. The van der Waals surface area contributed by atoms with Crippen molar-refractivity contribution in [2.24, 2.45) is 0 Å². The fraction of sp³-hybridized carbons (Fsp3) is 1.00. The predicted octanol–water partition coefficient (Wildman–Crippen LogP) is 1.10. The van der Waals surface area contributed by atoms with Gasteiger partial charge in [-0.15, -0.1) is 3.94 Å². The van der Waals surface area contributed by atoms with E-state index in [1.54, 1.807) is 0 Å². The Kier molecular flexibility index (Phi) is 5.64. The van der Waals surface area contributed by atoms with Crippen molar-refractivity contribution in [3.05, 3.63) is 0 Å². The molecular weight excluding hydrogens is 216 g/mol. The summed E-state index contributed by atoms with van der Waals surface area (Å²) >= 11 is 10.4. The molecule has 0 radical (unpaired) electrons. The molecule has 0 saturated heterocycles. The lowest BCUT2D eigenvalue weighted by molar-refractivity contribution is 0.194. The third-order valence-corrected chi connectivity index (χ3v) is 1.59. The van der Waals surface area contributed by atoms with Gasteiger partial charge in [0.1, 0.15) is 0 Å². The van der Waals surface area contributed by atoms with Crippen LogP contribution in [0, 0.1) is 0 Å². The minimum atomic E-state index is -4.33. The van der Waals surface area contributed by atoms with Crippen molar-refractivity contribution in [3.8, 4) is 0 Å². The van der Waals surface area contributed by atoms with Crippen LogP contribution in [-0.2, 0) is 9.09 Å². The molecule has 0 aliphatic rings. The molecule has 0 spiro atoms. The van der Waals surface area contributed by atoms with Gasteiger partial charge >= 0.3 is 7.82 Å². The largest absolute Gasteiger partial charge is 0.469 e. The molecule has 0 unspecified atom stereocenters. The lowest BCUT2D eigenvalue weighted by Gasteiger charge is -2.05. The standard InChI is InChI=1S/C3H8Cl2NO4P/c4-6(5)2-1-3-10-11(7,8)9/h1-3H2,(H2,7,8,9). The smallest absolute Gasteiger partial charge is 0.303 e. The Labute approximate surface area is 74.3 Å². The first-order valence-corrected chi connectivity index (χ1v) is 4.91. The van der Waals surface area contributed by atoms with Gasteiger partial charge in [-0.3, -0.25) is 4.52 Å². The molecule has 0 amide bonds. The molecule has 2 N–H and O–H groups in total. The predicted molar refractivity (Wildman–Crippen MR) is 41.0 cm³/mol. The topological polar surface area (TPSA) is 70.0 Å². The quantitative estimate of drug-likeness (QED) is 0.415. The third-order valence-electron chi connectivity index (χ3n) is 0.731. The molecule has 0 aliphatic carbocycles. The van der Waals surface area contributed by atoms with Crippen molar-refractivity contribution in [2.75, 3.05) is 13.2 Å². The van der Waals surface area contributed by atoms with Gasteiger partial charge in [-0.25, -0.2) is 4.57 Å². The summed E-state index contributed by atoms with van der Waals surface area (Å²) in [6, 6.07) is 0. The molecule has 8 heteroatoms. The zero-order chi connectivity index (χ0) is 8.91. The van der Waals surface area contributed by atoms with Gasteiger partial charge in [0.2, 0.25) is 0 Å². The van der Waals surface area contributed by atoms with Crippen LogP contribution in [0.4, 0.5) is 0 Å². The van der Waals surface area contributed by atoms with Crippen LogP contribution in [0.25, 0.3) is 0 Å². The first-order valence-electron chi connectivity index (χ1n) is 2.71. The molecule has 0 aromatic rings. The van der Waals surface area contributed by atoms with Crippen molar-refractivity contribution >= 4 is 31.4 Å². The second-order valence-corrected chi connectivity index (χ2v) is 3.93. The van der Waals surface area contributed by atoms with Crippen molar-refractivity contribution < 1.29 is 18.9 Å². The SMILES string of the molecule is O=P(O)(O)OCCCN(Cl)Cl. The maximum Gasteiger partial charge on any atom is 0.469 e. The highest BCUT2D eigenvalue weighted by Crippen LogP contribution is 2.35. The summed E-state index contributed by atoms with van der Waals surface area (Å²) in [6.45, 7) is 0.226. The zero-order valence-corrected chi connectivity index (χ0v) is 7.89. The van der Waals surface area contributed by atoms with Crippen LogP contribution < -0.4 is 0 Å². The average molecular weight is 224 g/mol. The van der Waals surface area contributed by atoms with Crippen LogP contribution >= 0.6 is 31.4 Å². The van der Waals surface area contributed by atoms with Gasteiger partial charge < -0.3 is 9.79 Å². The molecule has 0 aliphatic heterocycles. The van der Waals surface area contributed by atoms with E-state index in [2.05, 4.69) is 4.52 Å². The Balaban J connectivity index is 3.22. The summed E-state index contributed by atoms with van der Waals surface area (Å²) in [5.74, 6) is 0. The number of hydrogen-bond acceptors (Lipinski definition) is 3. The minimum absolute atomic E-state index is 0.0692. The van der Waals surface area contributed by atoms with E-state index in [1.165, 1.54) is 0 Å². The fourth-order valence-corrected chi connectivity index (χ4v) is 0.974. The molecule has 68 valence electrons. The summed E-state index contributed by atoms with van der Waals surface area (Å²) in [4.78, 5) is 16.4. The van der Waals surface area contributed by atoms with E-state index in [9.17, 15) is 4.57 Å². The van der Waals surface area contributed by atoms with Gasteiger partial charge in [0.25, 0.3) is 0 Å². The lowest BCUT2D eigenvalue weighted by Crippen LogP contribution is -2.03. The van der Waals surface area contributed by atoms with Gasteiger partial charge in [-0.05, 0) is 30.0 Å². The van der Waals surface area contributed by atoms with Crippen LogP contribution in [0.3, 0.4) is 0 Å². The van der Waals surface area contributed by atoms with Gasteiger partial charge in [0.15, 0.2) is 0 Å². The molecule has 0 aromatic carbocycles. The minimum Gasteiger partial charge on any atom is -0.303 e. The summed E-state index contributed by atoms with van der Waals surface area (Å²) in [5, 5.41) is 0. The van der Waals surface area contributed by atoms with Crippen LogP contribution in [0.15, 0.2) is 0 Å². The number of hydrogen-bond donors (Lipinski definition) is 2. The highest BCUT2D eigenvalue weighted by Gasteiger charge is 2.12. The molecule has 0 heterocycles. The molecule has 0 aromatic heterocycles. The molecule has 0 bridgehead atoms. The number of nitrogens with zero attached hydrogens (tertiary/aromatic N) is 1. The van der Waals surface area contributed by atoms with E-state index in [0.717, 1.165) is 3.94 Å². The van der Waals surface area contributed by atoms with E-state index in [4.69, 9.17) is 33.3 Å². The van der Waals surface area contributed by atoms with Gasteiger partial charge in [-0.2, -0.15) is 0 Å². The Morgan fingerprint density at radius 3 is 2.36 bits per heavy atom. The molecule has 11 heavy (non-hydrogen) atoms. The van der Waals surface area contributed by atoms with Gasteiger partial charge in [-0.1, -0.05) is 0 Å². The van der Waals surface area contributed by atoms with Gasteiger partial charge in [0.05, 0.1) is 6.61 Å². The third kappa shape index (κ3) is 10.7. The Hall–Kier alpha value is 0.650. The summed E-state index contributed by atoms with van der Waals surface area (Å²) in [5.41, 5.74) is 0. The highest BCUT2D eigenvalue weighted by molar-refractivity contribution is 7.46.